The summed E-state index contributed by atoms with van der Waals surface area (Å²) in [5, 5.41) is 3.93. The molecule has 0 saturated carbocycles. The molecule has 0 N–H and O–H groups in total. The first kappa shape index (κ1) is 32.7. The molecule has 1 aliphatic carbocycles. The van der Waals surface area contributed by atoms with Crippen LogP contribution in [0.4, 0.5) is 21.5 Å². The van der Waals surface area contributed by atoms with Gasteiger partial charge in [0.05, 0.1) is 16.9 Å². The van der Waals surface area contributed by atoms with E-state index in [4.69, 9.17) is 0 Å². The maximum absolute atomic E-state index is 16.6. The number of halogens is 1. The molecule has 8 aromatic carbocycles. The van der Waals surface area contributed by atoms with E-state index in [0.717, 1.165) is 66.4 Å². The highest BCUT2D eigenvalue weighted by Crippen LogP contribution is 2.55. The third kappa shape index (κ3) is 5.09. The van der Waals surface area contributed by atoms with E-state index >= 15 is 4.39 Å². The Morgan fingerprint density at radius 1 is 0.527 bits per heavy atom. The second-order valence-electron chi connectivity index (χ2n) is 15.0. The zero-order chi connectivity index (χ0) is 37.4. The van der Waals surface area contributed by atoms with E-state index in [0.29, 0.717) is 22.3 Å². The van der Waals surface area contributed by atoms with Gasteiger partial charge in [0.2, 0.25) is 0 Å². The maximum atomic E-state index is 16.6. The Morgan fingerprint density at radius 3 is 1.71 bits per heavy atom. The fourth-order valence-electron chi connectivity index (χ4n) is 8.71. The Hall–Kier alpha value is -6.91. The van der Waals surface area contributed by atoms with Crippen LogP contribution in [0.25, 0.3) is 49.9 Å². The van der Waals surface area contributed by atoms with Crippen LogP contribution in [0.2, 0.25) is 0 Å². The Labute approximate surface area is 318 Å². The van der Waals surface area contributed by atoms with E-state index < -0.39 is 5.41 Å². The lowest BCUT2D eigenvalue weighted by Crippen LogP contribution is -2.31. The summed E-state index contributed by atoms with van der Waals surface area (Å²) in [6.07, 6.45) is 1.73. The number of hydrogen-bond donors (Lipinski definition) is 0. The highest BCUT2D eigenvalue weighted by atomic mass is 19.1. The van der Waals surface area contributed by atoms with Crippen molar-refractivity contribution in [3.05, 3.63) is 203 Å². The highest BCUT2D eigenvalue weighted by Gasteiger charge is 2.39. The van der Waals surface area contributed by atoms with Crippen molar-refractivity contribution in [1.29, 1.82) is 0 Å². The Balaban J connectivity index is 1.14. The minimum absolute atomic E-state index is 0.183. The molecule has 55 heavy (non-hydrogen) atoms. The smallest absolute Gasteiger partial charge is 0.197 e. The fourth-order valence-corrected chi connectivity index (χ4v) is 8.71. The summed E-state index contributed by atoms with van der Waals surface area (Å²) in [6.45, 7) is 4.51. The molecular weight excluding hydrogens is 678 g/mol. The van der Waals surface area contributed by atoms with Crippen molar-refractivity contribution in [1.82, 2.24) is 0 Å². The second kappa shape index (κ2) is 12.3. The molecule has 0 aromatic heterocycles. The molecule has 10 rings (SSSR count). The van der Waals surface area contributed by atoms with Crippen LogP contribution in [0.1, 0.15) is 51.3 Å². The van der Waals surface area contributed by atoms with Gasteiger partial charge in [0.15, 0.2) is 11.6 Å². The van der Waals surface area contributed by atoms with Crippen molar-refractivity contribution in [3.63, 3.8) is 0 Å². The first-order valence-electron chi connectivity index (χ1n) is 18.5. The van der Waals surface area contributed by atoms with Gasteiger partial charge in [-0.1, -0.05) is 135 Å². The highest BCUT2D eigenvalue weighted by molar-refractivity contribution is 6.42. The van der Waals surface area contributed by atoms with Crippen LogP contribution in [0.15, 0.2) is 169 Å². The largest absolute Gasteiger partial charge is 0.310 e. The zero-order valence-corrected chi connectivity index (χ0v) is 30.3. The molecular formula is C51H34FNO2. The number of fused-ring (bicyclic) bond motifs is 6. The van der Waals surface area contributed by atoms with Crippen LogP contribution < -0.4 is 4.90 Å². The van der Waals surface area contributed by atoms with Gasteiger partial charge in [0.1, 0.15) is 5.82 Å². The lowest BCUT2D eigenvalue weighted by molar-refractivity contribution is 0.0990. The van der Waals surface area contributed by atoms with Crippen molar-refractivity contribution in [2.24, 2.45) is 0 Å². The number of carbonyl (C=O) groups is 2. The van der Waals surface area contributed by atoms with Gasteiger partial charge in [-0.15, -0.1) is 0 Å². The van der Waals surface area contributed by atoms with E-state index in [2.05, 4.69) is 67.3 Å². The quantitative estimate of drug-likeness (QED) is 0.135. The Morgan fingerprint density at radius 2 is 1.09 bits per heavy atom. The zero-order valence-electron chi connectivity index (χ0n) is 30.3. The van der Waals surface area contributed by atoms with Crippen LogP contribution in [-0.4, -0.2) is 11.6 Å². The molecule has 0 bridgehead atoms. The van der Waals surface area contributed by atoms with E-state index in [9.17, 15) is 9.59 Å². The predicted molar refractivity (Wildman–Crippen MR) is 222 cm³/mol. The fraction of sp³-hybridized carbons (Fsp3) is 0.0588. The number of hydrogen-bond acceptors (Lipinski definition) is 3. The molecule has 0 unspecified atom stereocenters. The first-order chi connectivity index (χ1) is 26.8. The Bertz CT molecular complexity index is 2830. The summed E-state index contributed by atoms with van der Waals surface area (Å²) in [7, 11) is 0. The molecule has 0 atom stereocenters. The van der Waals surface area contributed by atoms with Crippen LogP contribution >= 0.6 is 0 Å². The number of anilines is 3. The molecule has 8 aromatic rings. The number of Topliss-reactive ketones (excluding diaryl/α,β-unsaturated/α-hetero) is 2. The predicted octanol–water partition coefficient (Wildman–Crippen LogP) is 13.0. The summed E-state index contributed by atoms with van der Waals surface area (Å²) in [5.41, 5.74) is 9.36. The Kier molecular flexibility index (Phi) is 7.33. The number of allylic oxidation sites excluding steroid dienone is 1. The van der Waals surface area contributed by atoms with Gasteiger partial charge in [0, 0.05) is 33.4 Å². The SMILES string of the molecule is CC1(C)c2ccccc2N(c2cc(-c3ccccc3)c(F)c(-c3ccccc3)c2)c2ccc3cc(C=C4C(=O)c5cc6ccccc6cc5C4=O)ccc3c21. The summed E-state index contributed by atoms with van der Waals surface area (Å²) in [6, 6.07) is 53.7. The van der Waals surface area contributed by atoms with Gasteiger partial charge in [-0.3, -0.25) is 9.59 Å². The van der Waals surface area contributed by atoms with E-state index in [1.54, 1.807) is 6.08 Å². The van der Waals surface area contributed by atoms with Crippen LogP contribution in [0.5, 0.6) is 0 Å². The minimum Gasteiger partial charge on any atom is -0.310 e. The van der Waals surface area contributed by atoms with Crippen LogP contribution in [0.3, 0.4) is 0 Å². The van der Waals surface area contributed by atoms with E-state index in [1.165, 1.54) is 0 Å². The monoisotopic (exact) mass is 711 g/mol. The van der Waals surface area contributed by atoms with Crippen molar-refractivity contribution >= 4 is 56.2 Å². The van der Waals surface area contributed by atoms with Crippen molar-refractivity contribution in [3.8, 4) is 22.3 Å². The number of carbonyl (C=O) groups excluding carboxylic acids is 2. The summed E-state index contributed by atoms with van der Waals surface area (Å²) < 4.78 is 16.6. The van der Waals surface area contributed by atoms with Gasteiger partial charge >= 0.3 is 0 Å². The number of ketones is 2. The number of benzene rings is 8. The van der Waals surface area contributed by atoms with Crippen molar-refractivity contribution in [2.75, 3.05) is 4.90 Å². The standard InChI is InChI=1S/C51H34FNO2/c1-51(2)44-19-11-12-20-45(44)53(37-29-39(32-13-5-3-6-14-32)48(52)40(30-37)33-15-7-4-8-16-33)46-24-22-36-25-31(21-23-38(36)47(46)51)26-43-49(54)41-27-34-17-9-10-18-35(34)28-42(41)50(43)55/h3-30H,1-2H3. The van der Waals surface area contributed by atoms with Crippen molar-refractivity contribution in [2.45, 2.75) is 19.3 Å². The number of para-hydroxylation sites is 1. The molecule has 4 heteroatoms. The van der Waals surface area contributed by atoms with Gasteiger partial charge < -0.3 is 4.90 Å². The average Bonchev–Trinajstić information content (AvgIpc) is 3.44. The molecule has 1 heterocycles. The van der Waals surface area contributed by atoms with Gasteiger partial charge in [0.25, 0.3) is 0 Å². The third-order valence-electron chi connectivity index (χ3n) is 11.4. The second-order valence-corrected chi connectivity index (χ2v) is 15.0. The lowest BCUT2D eigenvalue weighted by atomic mass is 9.71. The molecule has 262 valence electrons. The molecule has 0 amide bonds. The molecule has 0 saturated heterocycles. The molecule has 0 fully saturated rings. The summed E-state index contributed by atoms with van der Waals surface area (Å²) in [4.78, 5) is 29.5. The molecule has 2 aliphatic rings. The summed E-state index contributed by atoms with van der Waals surface area (Å²) in [5.74, 6) is -0.745. The van der Waals surface area contributed by atoms with Gasteiger partial charge in [-0.2, -0.15) is 0 Å². The van der Waals surface area contributed by atoms with E-state index in [1.807, 2.05) is 115 Å². The third-order valence-corrected chi connectivity index (χ3v) is 11.4. The normalized spacial score (nSPS) is 14.2. The molecule has 0 spiro atoms. The summed E-state index contributed by atoms with van der Waals surface area (Å²) >= 11 is 0. The van der Waals surface area contributed by atoms with Crippen molar-refractivity contribution < 1.29 is 14.0 Å². The minimum atomic E-state index is -0.395. The average molecular weight is 712 g/mol. The molecule has 1 aliphatic heterocycles. The van der Waals surface area contributed by atoms with Gasteiger partial charge in [-0.25, -0.2) is 4.39 Å². The van der Waals surface area contributed by atoms with Crippen LogP contribution in [0, 0.1) is 5.82 Å². The van der Waals surface area contributed by atoms with E-state index in [-0.39, 0.29) is 23.0 Å². The van der Waals surface area contributed by atoms with Gasteiger partial charge in [-0.05, 0) is 97.9 Å². The number of rotatable bonds is 4. The lowest BCUT2D eigenvalue weighted by Gasteiger charge is -2.43. The van der Waals surface area contributed by atoms with Crippen LogP contribution in [-0.2, 0) is 5.41 Å². The first-order valence-corrected chi connectivity index (χ1v) is 18.5. The molecule has 0 radical (unpaired) electrons. The topological polar surface area (TPSA) is 37.4 Å². The molecule has 3 nitrogen and oxygen atoms in total. The maximum Gasteiger partial charge on any atom is 0.197 e. The number of nitrogens with zero attached hydrogens (tertiary/aromatic N) is 1.